The second-order valence-corrected chi connectivity index (χ2v) is 4.62. The molecule has 0 amide bonds. The number of nitrogens with two attached hydrogens (primary N) is 1. The lowest BCUT2D eigenvalue weighted by atomic mass is 10.3. The Hall–Kier alpha value is -1.08. The molecule has 1 rings (SSSR count). The van der Waals surface area contributed by atoms with Crippen LogP contribution in [-0.4, -0.2) is 24.8 Å². The average Bonchev–Trinajstić information content (AvgIpc) is 2.39. The summed E-state index contributed by atoms with van der Waals surface area (Å²) in [6.07, 6.45) is 0.449. The molecule has 94 valence electrons. The van der Waals surface area contributed by atoms with Gasteiger partial charge in [0.1, 0.15) is 12.4 Å². The minimum absolute atomic E-state index is 0.113. The Bertz CT molecular complexity index is 370. The van der Waals surface area contributed by atoms with Gasteiger partial charge in [-0.25, -0.2) is 4.39 Å². The van der Waals surface area contributed by atoms with Crippen molar-refractivity contribution in [2.24, 2.45) is 5.73 Å². The third-order valence-electron chi connectivity index (χ3n) is 2.06. The minimum atomic E-state index is -1.21. The summed E-state index contributed by atoms with van der Waals surface area (Å²) in [4.78, 5) is 0.653. The highest BCUT2D eigenvalue weighted by Gasteiger charge is 2.08. The Balaban J connectivity index is 2.57. The zero-order valence-electron chi connectivity index (χ0n) is 9.48. The summed E-state index contributed by atoms with van der Waals surface area (Å²) in [5.74, 6) is 0.578. The molecule has 1 aromatic rings. The van der Waals surface area contributed by atoms with Gasteiger partial charge in [-0.3, -0.25) is 0 Å². The molecule has 0 saturated heterocycles. The number of rotatable bonds is 6. The van der Waals surface area contributed by atoms with Crippen LogP contribution in [0.3, 0.4) is 0 Å². The summed E-state index contributed by atoms with van der Waals surface area (Å²) in [5, 5.41) is 0. The van der Waals surface area contributed by atoms with Gasteiger partial charge in [0.05, 0.1) is 17.7 Å². The quantitative estimate of drug-likeness (QED) is 0.750. The Labute approximate surface area is 103 Å². The van der Waals surface area contributed by atoms with Crippen LogP contribution in [0.1, 0.15) is 0 Å². The highest BCUT2D eigenvalue weighted by molar-refractivity contribution is 7.89. The van der Waals surface area contributed by atoms with E-state index in [9.17, 15) is 8.94 Å². The summed E-state index contributed by atoms with van der Waals surface area (Å²) in [7, 11) is 1.61. The van der Waals surface area contributed by atoms with Gasteiger partial charge >= 0.3 is 0 Å². The molecular formula is C11H15FN2O2S. The smallest absolute Gasteiger partial charge is 0.174 e. The first-order valence-electron chi connectivity index (χ1n) is 5.01. The first kappa shape index (κ1) is 14.0. The van der Waals surface area contributed by atoms with Gasteiger partial charge < -0.3 is 15.0 Å². The lowest BCUT2D eigenvalue weighted by Gasteiger charge is -2.09. The third kappa shape index (κ3) is 4.35. The van der Waals surface area contributed by atoms with Crippen LogP contribution in [0.4, 0.5) is 4.39 Å². The van der Waals surface area contributed by atoms with Crippen LogP contribution in [-0.2, 0) is 11.4 Å². The summed E-state index contributed by atoms with van der Waals surface area (Å²) >= 11 is -1.21. The number of ether oxygens (including phenoxy) is 1. The molecule has 0 radical (unpaired) electrons. The van der Waals surface area contributed by atoms with Crippen molar-refractivity contribution in [3.63, 3.8) is 0 Å². The number of nitrogens with one attached hydrogen (secondary N) is 1. The number of benzene rings is 1. The van der Waals surface area contributed by atoms with E-state index in [0.29, 0.717) is 22.5 Å². The van der Waals surface area contributed by atoms with E-state index in [4.69, 9.17) is 10.5 Å². The lowest BCUT2D eigenvalue weighted by molar-refractivity contribution is 0.347. The van der Waals surface area contributed by atoms with Crippen molar-refractivity contribution in [1.29, 1.82) is 0 Å². The highest BCUT2D eigenvalue weighted by atomic mass is 32.2. The molecular weight excluding hydrogens is 243 g/mol. The molecule has 0 fully saturated rings. The molecule has 0 saturated carbocycles. The van der Waals surface area contributed by atoms with Crippen molar-refractivity contribution in [3.8, 4) is 5.75 Å². The molecule has 4 nitrogen and oxygen atoms in total. The SMILES string of the molecule is CN[S+]([O-])c1ccc(OC/C(=C/F)CN)cc1. The maximum Gasteiger partial charge on any atom is 0.174 e. The highest BCUT2D eigenvalue weighted by Crippen LogP contribution is 2.16. The van der Waals surface area contributed by atoms with E-state index in [0.717, 1.165) is 0 Å². The van der Waals surface area contributed by atoms with E-state index in [-0.39, 0.29) is 13.2 Å². The zero-order chi connectivity index (χ0) is 12.7. The molecule has 0 spiro atoms. The molecule has 0 aliphatic rings. The van der Waals surface area contributed by atoms with Gasteiger partial charge in [-0.05, 0) is 24.3 Å². The standard InChI is InChI=1S/C11H15FN2O2S/c1-14-17(15)11-4-2-10(3-5-11)16-8-9(6-12)7-13/h2-6,14H,7-8,13H2,1H3/b9-6+. The topological polar surface area (TPSA) is 70.3 Å². The maximum atomic E-state index is 12.2. The van der Waals surface area contributed by atoms with Crippen molar-refractivity contribution in [3.05, 3.63) is 36.2 Å². The first-order valence-corrected chi connectivity index (χ1v) is 6.16. The van der Waals surface area contributed by atoms with Crippen LogP contribution in [0.15, 0.2) is 41.1 Å². The predicted octanol–water partition coefficient (Wildman–Crippen LogP) is 1.12. The molecule has 0 heterocycles. The molecule has 0 aliphatic carbocycles. The van der Waals surface area contributed by atoms with Crippen LogP contribution in [0.5, 0.6) is 5.75 Å². The van der Waals surface area contributed by atoms with Crippen molar-refractivity contribution < 1.29 is 13.7 Å². The second-order valence-electron chi connectivity index (χ2n) is 3.20. The summed E-state index contributed by atoms with van der Waals surface area (Å²) < 4.78 is 31.5. The van der Waals surface area contributed by atoms with E-state index >= 15 is 0 Å². The lowest BCUT2D eigenvalue weighted by Crippen LogP contribution is -2.18. The fourth-order valence-corrected chi connectivity index (χ4v) is 1.71. The number of halogens is 1. The molecule has 1 atom stereocenters. The molecule has 0 bridgehead atoms. The Morgan fingerprint density at radius 3 is 2.65 bits per heavy atom. The van der Waals surface area contributed by atoms with Crippen LogP contribution >= 0.6 is 0 Å². The van der Waals surface area contributed by atoms with E-state index in [1.807, 2.05) is 0 Å². The molecule has 6 heteroatoms. The van der Waals surface area contributed by atoms with Gasteiger partial charge in [0, 0.05) is 19.2 Å². The van der Waals surface area contributed by atoms with Crippen LogP contribution in [0, 0.1) is 0 Å². The molecule has 17 heavy (non-hydrogen) atoms. The van der Waals surface area contributed by atoms with Gasteiger partial charge in [-0.2, -0.15) is 0 Å². The van der Waals surface area contributed by atoms with Crippen molar-refractivity contribution in [2.45, 2.75) is 4.90 Å². The average molecular weight is 258 g/mol. The van der Waals surface area contributed by atoms with Crippen molar-refractivity contribution in [2.75, 3.05) is 20.2 Å². The third-order valence-corrected chi connectivity index (χ3v) is 3.14. The summed E-state index contributed by atoms with van der Waals surface area (Å²) in [6.45, 7) is 0.236. The van der Waals surface area contributed by atoms with Crippen molar-refractivity contribution >= 4 is 11.4 Å². The van der Waals surface area contributed by atoms with E-state index < -0.39 is 11.4 Å². The Morgan fingerprint density at radius 1 is 1.53 bits per heavy atom. The van der Waals surface area contributed by atoms with E-state index in [2.05, 4.69) is 4.72 Å². The van der Waals surface area contributed by atoms with Crippen LogP contribution in [0.25, 0.3) is 0 Å². The number of hydrogen-bond donors (Lipinski definition) is 2. The predicted molar refractivity (Wildman–Crippen MR) is 65.7 cm³/mol. The molecule has 1 aromatic carbocycles. The van der Waals surface area contributed by atoms with Gasteiger partial charge in [-0.15, -0.1) is 4.72 Å². The molecule has 3 N–H and O–H groups in total. The molecule has 0 aromatic heterocycles. The number of hydrogen-bond acceptors (Lipinski definition) is 4. The zero-order valence-corrected chi connectivity index (χ0v) is 10.3. The maximum absolute atomic E-state index is 12.2. The van der Waals surface area contributed by atoms with E-state index in [1.165, 1.54) is 0 Å². The second kappa shape index (κ2) is 7.29. The van der Waals surface area contributed by atoms with Gasteiger partial charge in [-0.1, -0.05) is 0 Å². The first-order chi connectivity index (χ1) is 8.21. The Kier molecular flexibility index (Phi) is 5.99. The normalized spacial score (nSPS) is 13.5. The van der Waals surface area contributed by atoms with E-state index in [1.54, 1.807) is 31.3 Å². The van der Waals surface area contributed by atoms with Crippen LogP contribution in [0.2, 0.25) is 0 Å². The van der Waals surface area contributed by atoms with Gasteiger partial charge in [0.2, 0.25) is 0 Å². The summed E-state index contributed by atoms with van der Waals surface area (Å²) in [6, 6.07) is 6.72. The monoisotopic (exact) mass is 258 g/mol. The fourth-order valence-electron chi connectivity index (χ4n) is 1.09. The minimum Gasteiger partial charge on any atom is -0.593 e. The summed E-state index contributed by atoms with van der Waals surface area (Å²) in [5.41, 5.74) is 5.67. The van der Waals surface area contributed by atoms with Crippen molar-refractivity contribution in [1.82, 2.24) is 4.72 Å². The van der Waals surface area contributed by atoms with Gasteiger partial charge in [0.15, 0.2) is 4.90 Å². The van der Waals surface area contributed by atoms with Gasteiger partial charge in [0.25, 0.3) is 0 Å². The van der Waals surface area contributed by atoms with Crippen LogP contribution < -0.4 is 15.2 Å². The fraction of sp³-hybridized carbons (Fsp3) is 0.273. The molecule has 0 aliphatic heterocycles. The Morgan fingerprint density at radius 2 is 2.18 bits per heavy atom. The molecule has 1 unspecified atom stereocenters. The largest absolute Gasteiger partial charge is 0.593 e.